The molecular formula is C19H26N4OS. The molecule has 1 unspecified atom stereocenters. The van der Waals surface area contributed by atoms with Crippen LogP contribution in [0.15, 0.2) is 29.4 Å². The SMILES string of the molecule is CC(Sc1nnc(-c2ccc(C(C)(C)C)cc2)n1C)C(=O)NC1CC1. The van der Waals surface area contributed by atoms with Crippen LogP contribution in [0.3, 0.4) is 0 Å². The van der Waals surface area contributed by atoms with E-state index >= 15 is 0 Å². The van der Waals surface area contributed by atoms with Crippen molar-refractivity contribution in [2.24, 2.45) is 7.05 Å². The number of nitrogens with zero attached hydrogens (tertiary/aromatic N) is 3. The first-order chi connectivity index (χ1) is 11.8. The van der Waals surface area contributed by atoms with Crippen molar-refractivity contribution in [2.45, 2.75) is 62.4 Å². The first-order valence-corrected chi connectivity index (χ1v) is 9.61. The maximum Gasteiger partial charge on any atom is 0.233 e. The van der Waals surface area contributed by atoms with E-state index in [1.807, 2.05) is 18.5 Å². The van der Waals surface area contributed by atoms with Crippen LogP contribution in [-0.4, -0.2) is 32.0 Å². The molecule has 1 N–H and O–H groups in total. The van der Waals surface area contributed by atoms with Crippen LogP contribution in [0, 0.1) is 0 Å². The van der Waals surface area contributed by atoms with Gasteiger partial charge in [0.05, 0.1) is 5.25 Å². The van der Waals surface area contributed by atoms with Crippen molar-refractivity contribution in [3.05, 3.63) is 29.8 Å². The first kappa shape index (κ1) is 18.0. The maximum atomic E-state index is 12.1. The molecule has 1 aliphatic carbocycles. The summed E-state index contributed by atoms with van der Waals surface area (Å²) in [5.41, 5.74) is 2.45. The van der Waals surface area contributed by atoms with Gasteiger partial charge in [0.2, 0.25) is 5.91 Å². The van der Waals surface area contributed by atoms with E-state index in [4.69, 9.17) is 0 Å². The molecule has 1 saturated carbocycles. The summed E-state index contributed by atoms with van der Waals surface area (Å²) in [4.78, 5) is 12.1. The topological polar surface area (TPSA) is 59.8 Å². The molecule has 3 rings (SSSR count). The van der Waals surface area contributed by atoms with Gasteiger partial charge in [0, 0.05) is 18.7 Å². The van der Waals surface area contributed by atoms with Gasteiger partial charge in [-0.05, 0) is 30.7 Å². The number of benzene rings is 1. The minimum atomic E-state index is -0.181. The number of nitrogens with one attached hydrogen (secondary N) is 1. The number of aromatic nitrogens is 3. The Kier molecular flexibility index (Phi) is 4.91. The van der Waals surface area contributed by atoms with Crippen molar-refractivity contribution in [1.82, 2.24) is 20.1 Å². The Morgan fingerprint density at radius 1 is 1.24 bits per heavy atom. The number of thioether (sulfide) groups is 1. The average molecular weight is 359 g/mol. The van der Waals surface area contributed by atoms with E-state index in [-0.39, 0.29) is 16.6 Å². The molecule has 6 heteroatoms. The fraction of sp³-hybridized carbons (Fsp3) is 0.526. The molecule has 2 aromatic rings. The van der Waals surface area contributed by atoms with E-state index in [1.165, 1.54) is 17.3 Å². The van der Waals surface area contributed by atoms with Gasteiger partial charge < -0.3 is 9.88 Å². The van der Waals surface area contributed by atoms with Gasteiger partial charge in [0.15, 0.2) is 11.0 Å². The monoisotopic (exact) mass is 358 g/mol. The van der Waals surface area contributed by atoms with Gasteiger partial charge in [-0.1, -0.05) is 56.8 Å². The van der Waals surface area contributed by atoms with Gasteiger partial charge in [-0.2, -0.15) is 0 Å². The molecule has 1 aliphatic rings. The summed E-state index contributed by atoms with van der Waals surface area (Å²) in [7, 11) is 1.95. The van der Waals surface area contributed by atoms with Crippen LogP contribution < -0.4 is 5.32 Å². The lowest BCUT2D eigenvalue weighted by molar-refractivity contribution is -0.120. The highest BCUT2D eigenvalue weighted by Crippen LogP contribution is 2.28. The van der Waals surface area contributed by atoms with Gasteiger partial charge in [0.1, 0.15) is 0 Å². The van der Waals surface area contributed by atoms with Crippen LogP contribution in [0.25, 0.3) is 11.4 Å². The zero-order valence-corrected chi connectivity index (χ0v) is 16.4. The Morgan fingerprint density at radius 2 is 1.88 bits per heavy atom. The molecule has 0 bridgehead atoms. The lowest BCUT2D eigenvalue weighted by atomic mass is 9.87. The van der Waals surface area contributed by atoms with Gasteiger partial charge >= 0.3 is 0 Å². The summed E-state index contributed by atoms with van der Waals surface area (Å²) < 4.78 is 1.96. The molecule has 1 aromatic heterocycles. The number of hydrogen-bond acceptors (Lipinski definition) is 4. The Balaban J connectivity index is 1.73. The van der Waals surface area contributed by atoms with Crippen LogP contribution in [-0.2, 0) is 17.3 Å². The second kappa shape index (κ2) is 6.83. The lowest BCUT2D eigenvalue weighted by Crippen LogP contribution is -2.32. The van der Waals surface area contributed by atoms with Crippen molar-refractivity contribution in [3.8, 4) is 11.4 Å². The van der Waals surface area contributed by atoms with Gasteiger partial charge in [-0.3, -0.25) is 4.79 Å². The van der Waals surface area contributed by atoms with E-state index < -0.39 is 0 Å². The van der Waals surface area contributed by atoms with Crippen molar-refractivity contribution < 1.29 is 4.79 Å². The van der Waals surface area contributed by atoms with Crippen LogP contribution in [0.1, 0.15) is 46.1 Å². The summed E-state index contributed by atoms with van der Waals surface area (Å²) in [5.74, 6) is 0.893. The molecule has 25 heavy (non-hydrogen) atoms. The molecule has 1 aromatic carbocycles. The number of carbonyl (C=O) groups excluding carboxylic acids is 1. The standard InChI is InChI=1S/C19H26N4OS/c1-12(17(24)20-15-10-11-15)25-18-22-21-16(23(18)5)13-6-8-14(9-7-13)19(2,3)4/h6-9,12,15H,10-11H2,1-5H3,(H,20,24). The third kappa shape index (κ3) is 4.24. The fourth-order valence-corrected chi connectivity index (χ4v) is 3.37. The maximum absolute atomic E-state index is 12.1. The predicted octanol–water partition coefficient (Wildman–Crippen LogP) is 3.54. The van der Waals surface area contributed by atoms with Crippen molar-refractivity contribution >= 4 is 17.7 Å². The third-order valence-corrected chi connectivity index (χ3v) is 5.55. The summed E-state index contributed by atoms with van der Waals surface area (Å²) in [5, 5.41) is 12.2. The number of amides is 1. The van der Waals surface area contributed by atoms with Crippen molar-refractivity contribution in [3.63, 3.8) is 0 Å². The molecule has 0 radical (unpaired) electrons. The van der Waals surface area contributed by atoms with Crippen LogP contribution in [0.4, 0.5) is 0 Å². The number of carbonyl (C=O) groups is 1. The van der Waals surface area contributed by atoms with Gasteiger partial charge in [-0.25, -0.2) is 0 Å². The summed E-state index contributed by atoms with van der Waals surface area (Å²) in [6.07, 6.45) is 2.20. The molecule has 0 saturated heterocycles. The zero-order chi connectivity index (χ0) is 18.2. The largest absolute Gasteiger partial charge is 0.352 e. The second-order valence-electron chi connectivity index (χ2n) is 7.74. The Hall–Kier alpha value is -1.82. The summed E-state index contributed by atoms with van der Waals surface area (Å²) in [6.45, 7) is 8.52. The molecule has 1 atom stereocenters. The highest BCUT2D eigenvalue weighted by atomic mass is 32.2. The molecule has 5 nitrogen and oxygen atoms in total. The highest BCUT2D eigenvalue weighted by Gasteiger charge is 2.27. The van der Waals surface area contributed by atoms with Crippen LogP contribution in [0.2, 0.25) is 0 Å². The minimum Gasteiger partial charge on any atom is -0.352 e. The normalized spacial score (nSPS) is 15.9. The fourth-order valence-electron chi connectivity index (χ4n) is 2.55. The van der Waals surface area contributed by atoms with E-state index in [2.05, 4.69) is 60.6 Å². The predicted molar refractivity (Wildman–Crippen MR) is 102 cm³/mol. The molecule has 0 aliphatic heterocycles. The summed E-state index contributed by atoms with van der Waals surface area (Å²) in [6, 6.07) is 8.84. The lowest BCUT2D eigenvalue weighted by Gasteiger charge is -2.19. The van der Waals surface area contributed by atoms with E-state index in [0.29, 0.717) is 6.04 Å². The van der Waals surface area contributed by atoms with E-state index in [0.717, 1.165) is 29.4 Å². The molecule has 1 heterocycles. The quantitative estimate of drug-likeness (QED) is 0.831. The molecule has 1 fully saturated rings. The molecule has 1 amide bonds. The first-order valence-electron chi connectivity index (χ1n) is 8.73. The molecular weight excluding hydrogens is 332 g/mol. The summed E-state index contributed by atoms with van der Waals surface area (Å²) >= 11 is 1.45. The van der Waals surface area contributed by atoms with Gasteiger partial charge in [0.25, 0.3) is 0 Å². The van der Waals surface area contributed by atoms with Crippen LogP contribution in [0.5, 0.6) is 0 Å². The van der Waals surface area contributed by atoms with Crippen molar-refractivity contribution in [2.75, 3.05) is 0 Å². The van der Waals surface area contributed by atoms with Gasteiger partial charge in [-0.15, -0.1) is 10.2 Å². The third-order valence-electron chi connectivity index (χ3n) is 4.42. The van der Waals surface area contributed by atoms with Crippen LogP contribution >= 0.6 is 11.8 Å². The zero-order valence-electron chi connectivity index (χ0n) is 15.5. The molecule has 134 valence electrons. The van der Waals surface area contributed by atoms with E-state index in [1.54, 1.807) is 0 Å². The highest BCUT2D eigenvalue weighted by molar-refractivity contribution is 8.00. The number of rotatable bonds is 5. The van der Waals surface area contributed by atoms with Crippen molar-refractivity contribution in [1.29, 1.82) is 0 Å². The Bertz CT molecular complexity index is 757. The van der Waals surface area contributed by atoms with E-state index in [9.17, 15) is 4.79 Å². The average Bonchev–Trinajstić information content (AvgIpc) is 3.30. The number of hydrogen-bond donors (Lipinski definition) is 1. The smallest absolute Gasteiger partial charge is 0.233 e. The Labute approximate surface area is 153 Å². The second-order valence-corrected chi connectivity index (χ2v) is 9.04. The minimum absolute atomic E-state index is 0.0755. The molecule has 0 spiro atoms. The Morgan fingerprint density at radius 3 is 2.44 bits per heavy atom.